The Morgan fingerprint density at radius 1 is 1.43 bits per heavy atom. The van der Waals surface area contributed by atoms with Crippen LogP contribution in [0.3, 0.4) is 0 Å². The lowest BCUT2D eigenvalue weighted by Gasteiger charge is -2.30. The molecule has 1 aliphatic rings. The van der Waals surface area contributed by atoms with E-state index in [2.05, 4.69) is 31.2 Å². The Labute approximate surface area is 85.8 Å². The lowest BCUT2D eigenvalue weighted by molar-refractivity contribution is 0.0630. The molecule has 1 aliphatic carbocycles. The molecular weight excluding hydrogens is 172 g/mol. The maximum Gasteiger partial charge on any atom is 0.0608 e. The predicted molar refractivity (Wildman–Crippen MR) is 58.2 cm³/mol. The fraction of sp³-hybridized carbons (Fsp3) is 0.538. The summed E-state index contributed by atoms with van der Waals surface area (Å²) in [5.74, 6) is 0.565. The zero-order chi connectivity index (χ0) is 9.97. The first-order chi connectivity index (χ1) is 6.75. The van der Waals surface area contributed by atoms with Crippen LogP contribution in [0.1, 0.15) is 30.4 Å². The van der Waals surface area contributed by atoms with Crippen molar-refractivity contribution < 1.29 is 5.11 Å². The van der Waals surface area contributed by atoms with E-state index < -0.39 is 0 Å². The van der Waals surface area contributed by atoms with Crippen molar-refractivity contribution in [2.75, 3.05) is 0 Å². The van der Waals surface area contributed by atoms with Gasteiger partial charge in [-0.3, -0.25) is 0 Å². The zero-order valence-electron chi connectivity index (χ0n) is 8.74. The van der Waals surface area contributed by atoms with Crippen LogP contribution in [0.5, 0.6) is 0 Å². The Hall–Kier alpha value is -0.820. The average Bonchev–Trinajstić information content (AvgIpc) is 1.99. The van der Waals surface area contributed by atoms with Crippen molar-refractivity contribution in [1.29, 1.82) is 0 Å². The Kier molecular flexibility index (Phi) is 2.87. The van der Waals surface area contributed by atoms with E-state index in [-0.39, 0.29) is 6.10 Å². The van der Waals surface area contributed by atoms with Crippen molar-refractivity contribution in [1.82, 2.24) is 0 Å². The van der Waals surface area contributed by atoms with Crippen LogP contribution in [-0.2, 0) is 6.42 Å². The van der Waals surface area contributed by atoms with E-state index in [1.807, 2.05) is 0 Å². The van der Waals surface area contributed by atoms with Crippen LogP contribution >= 0.6 is 0 Å². The number of hydrogen-bond donors (Lipinski definition) is 1. The summed E-state index contributed by atoms with van der Waals surface area (Å²) in [6.07, 6.45) is 4.44. The summed E-state index contributed by atoms with van der Waals surface area (Å²) in [6, 6.07) is 8.44. The molecule has 1 N–H and O–H groups in total. The molecule has 1 unspecified atom stereocenters. The molecule has 1 saturated carbocycles. The molecule has 0 spiro atoms. The van der Waals surface area contributed by atoms with Gasteiger partial charge in [0.25, 0.3) is 0 Å². The second-order valence-corrected chi connectivity index (χ2v) is 4.45. The molecular formula is C13H18O. The van der Waals surface area contributed by atoms with Crippen LogP contribution in [0, 0.1) is 12.8 Å². The third-order valence-corrected chi connectivity index (χ3v) is 3.22. The highest BCUT2D eigenvalue weighted by atomic mass is 16.3. The summed E-state index contributed by atoms with van der Waals surface area (Å²) in [4.78, 5) is 0. The summed E-state index contributed by atoms with van der Waals surface area (Å²) in [6.45, 7) is 2.10. The van der Waals surface area contributed by atoms with Gasteiger partial charge in [0.2, 0.25) is 0 Å². The molecule has 1 atom stereocenters. The molecule has 76 valence electrons. The van der Waals surface area contributed by atoms with Gasteiger partial charge >= 0.3 is 0 Å². The fourth-order valence-corrected chi connectivity index (χ4v) is 2.07. The van der Waals surface area contributed by atoms with Gasteiger partial charge in [-0.25, -0.2) is 0 Å². The summed E-state index contributed by atoms with van der Waals surface area (Å²) >= 11 is 0. The molecule has 0 radical (unpaired) electrons. The van der Waals surface area contributed by atoms with E-state index in [0.717, 1.165) is 6.42 Å². The molecule has 0 aromatic heterocycles. The molecule has 1 fully saturated rings. The summed E-state index contributed by atoms with van der Waals surface area (Å²) in [5, 5.41) is 9.91. The Balaban J connectivity index is 1.95. The Bertz CT molecular complexity index is 302. The van der Waals surface area contributed by atoms with E-state index in [4.69, 9.17) is 0 Å². The maximum atomic E-state index is 9.91. The first-order valence-corrected chi connectivity index (χ1v) is 5.49. The van der Waals surface area contributed by atoms with Gasteiger partial charge in [-0.05, 0) is 37.7 Å². The second-order valence-electron chi connectivity index (χ2n) is 4.45. The molecule has 0 bridgehead atoms. The SMILES string of the molecule is Cc1cccc(CC(O)C2CCC2)c1. The standard InChI is InChI=1S/C13H18O/c1-10-4-2-5-11(8-10)9-13(14)12-6-3-7-12/h2,4-5,8,12-14H,3,6-7,9H2,1H3. The zero-order valence-corrected chi connectivity index (χ0v) is 8.74. The number of aryl methyl sites for hydroxylation is 1. The summed E-state index contributed by atoms with van der Waals surface area (Å²) in [5.41, 5.74) is 2.55. The minimum atomic E-state index is -0.120. The third kappa shape index (κ3) is 2.16. The molecule has 1 aromatic rings. The third-order valence-electron chi connectivity index (χ3n) is 3.22. The van der Waals surface area contributed by atoms with Gasteiger partial charge in [-0.1, -0.05) is 36.2 Å². The van der Waals surface area contributed by atoms with Crippen molar-refractivity contribution in [2.45, 2.75) is 38.7 Å². The first kappa shape index (κ1) is 9.72. The number of hydrogen-bond acceptors (Lipinski definition) is 1. The van der Waals surface area contributed by atoms with Gasteiger partial charge in [0.15, 0.2) is 0 Å². The summed E-state index contributed by atoms with van der Waals surface area (Å²) < 4.78 is 0. The highest BCUT2D eigenvalue weighted by molar-refractivity contribution is 5.22. The second kappa shape index (κ2) is 4.14. The minimum Gasteiger partial charge on any atom is -0.392 e. The normalized spacial score (nSPS) is 19.0. The molecule has 0 aliphatic heterocycles. The largest absolute Gasteiger partial charge is 0.392 e. The lowest BCUT2D eigenvalue weighted by atomic mass is 9.79. The van der Waals surface area contributed by atoms with Crippen LogP contribution in [0.2, 0.25) is 0 Å². The van der Waals surface area contributed by atoms with Crippen molar-refractivity contribution in [2.24, 2.45) is 5.92 Å². The lowest BCUT2D eigenvalue weighted by Crippen LogP contribution is -2.28. The van der Waals surface area contributed by atoms with Crippen LogP contribution in [-0.4, -0.2) is 11.2 Å². The van der Waals surface area contributed by atoms with Gasteiger partial charge in [-0.15, -0.1) is 0 Å². The number of benzene rings is 1. The molecule has 1 aromatic carbocycles. The van der Waals surface area contributed by atoms with Gasteiger partial charge < -0.3 is 5.11 Å². The van der Waals surface area contributed by atoms with Crippen LogP contribution in [0.25, 0.3) is 0 Å². The van der Waals surface area contributed by atoms with Gasteiger partial charge in [0.1, 0.15) is 0 Å². The van der Waals surface area contributed by atoms with E-state index >= 15 is 0 Å². The van der Waals surface area contributed by atoms with E-state index in [1.54, 1.807) is 0 Å². The summed E-state index contributed by atoms with van der Waals surface area (Å²) in [7, 11) is 0. The first-order valence-electron chi connectivity index (χ1n) is 5.49. The topological polar surface area (TPSA) is 20.2 Å². The molecule has 1 heteroatoms. The number of aliphatic hydroxyl groups excluding tert-OH is 1. The highest BCUT2D eigenvalue weighted by Crippen LogP contribution is 2.30. The number of rotatable bonds is 3. The molecule has 2 rings (SSSR count). The van der Waals surface area contributed by atoms with Crippen LogP contribution in [0.4, 0.5) is 0 Å². The molecule has 0 amide bonds. The van der Waals surface area contributed by atoms with E-state index in [9.17, 15) is 5.11 Å². The smallest absolute Gasteiger partial charge is 0.0608 e. The van der Waals surface area contributed by atoms with Crippen LogP contribution < -0.4 is 0 Å². The molecule has 0 heterocycles. The Morgan fingerprint density at radius 3 is 2.79 bits per heavy atom. The van der Waals surface area contributed by atoms with E-state index in [1.165, 1.54) is 30.4 Å². The van der Waals surface area contributed by atoms with Crippen molar-refractivity contribution in [3.8, 4) is 0 Å². The molecule has 1 nitrogen and oxygen atoms in total. The Morgan fingerprint density at radius 2 is 2.21 bits per heavy atom. The number of aliphatic hydroxyl groups is 1. The monoisotopic (exact) mass is 190 g/mol. The maximum absolute atomic E-state index is 9.91. The van der Waals surface area contributed by atoms with Crippen molar-refractivity contribution >= 4 is 0 Å². The van der Waals surface area contributed by atoms with Crippen LogP contribution in [0.15, 0.2) is 24.3 Å². The molecule has 0 saturated heterocycles. The molecule has 14 heavy (non-hydrogen) atoms. The van der Waals surface area contributed by atoms with Gasteiger partial charge in [0.05, 0.1) is 6.10 Å². The fourth-order valence-electron chi connectivity index (χ4n) is 2.07. The van der Waals surface area contributed by atoms with Crippen molar-refractivity contribution in [3.05, 3.63) is 35.4 Å². The predicted octanol–water partition coefficient (Wildman–Crippen LogP) is 2.70. The minimum absolute atomic E-state index is 0.120. The van der Waals surface area contributed by atoms with Gasteiger partial charge in [-0.2, -0.15) is 0 Å². The van der Waals surface area contributed by atoms with E-state index in [0.29, 0.717) is 5.92 Å². The van der Waals surface area contributed by atoms with Gasteiger partial charge in [0, 0.05) is 0 Å². The average molecular weight is 190 g/mol. The highest BCUT2D eigenvalue weighted by Gasteiger charge is 2.25. The quantitative estimate of drug-likeness (QED) is 0.777. The van der Waals surface area contributed by atoms with Crippen molar-refractivity contribution in [3.63, 3.8) is 0 Å².